The van der Waals surface area contributed by atoms with E-state index >= 15 is 0 Å². The van der Waals surface area contributed by atoms with Crippen LogP contribution in [0.4, 0.5) is 5.82 Å². The normalized spacial score (nSPS) is 11.5. The number of hydrazine groups is 1. The summed E-state index contributed by atoms with van der Waals surface area (Å²) in [6, 6.07) is 1.82. The van der Waals surface area contributed by atoms with Gasteiger partial charge in [-0.2, -0.15) is 5.10 Å². The number of nitrogens with zero attached hydrogens (tertiary/aromatic N) is 4. The summed E-state index contributed by atoms with van der Waals surface area (Å²) in [5, 5.41) is 6.51. The molecule has 2 aromatic heterocycles. The molecular formula is C10H15N7. The molecule has 2 aromatic rings. The summed E-state index contributed by atoms with van der Waals surface area (Å²) in [5.74, 6) is 6.95. The number of nitrogens with two attached hydrogens (primary N) is 1. The summed E-state index contributed by atoms with van der Waals surface area (Å²) in [6.07, 6.45) is 1.41. The lowest BCUT2D eigenvalue weighted by Gasteiger charge is -2.18. The van der Waals surface area contributed by atoms with Gasteiger partial charge < -0.3 is 5.43 Å². The van der Waals surface area contributed by atoms with Crippen LogP contribution in [0.3, 0.4) is 0 Å². The molecule has 0 unspecified atom stereocenters. The molecule has 90 valence electrons. The fourth-order valence-corrected chi connectivity index (χ4v) is 1.32. The van der Waals surface area contributed by atoms with E-state index < -0.39 is 0 Å². The Kier molecular flexibility index (Phi) is 2.76. The molecule has 0 amide bonds. The number of aromatic nitrogens is 5. The number of anilines is 1. The van der Waals surface area contributed by atoms with E-state index in [1.807, 2.05) is 6.07 Å². The van der Waals surface area contributed by atoms with Crippen molar-refractivity contribution in [3.63, 3.8) is 0 Å². The average molecular weight is 233 g/mol. The van der Waals surface area contributed by atoms with E-state index in [2.05, 4.69) is 51.3 Å². The molecule has 0 radical (unpaired) electrons. The zero-order chi connectivity index (χ0) is 12.5. The van der Waals surface area contributed by atoms with Crippen LogP contribution in [0, 0.1) is 0 Å². The molecule has 0 aliphatic carbocycles. The van der Waals surface area contributed by atoms with Gasteiger partial charge in [-0.1, -0.05) is 20.8 Å². The van der Waals surface area contributed by atoms with E-state index in [1.165, 1.54) is 6.33 Å². The largest absolute Gasteiger partial charge is 0.308 e. The quantitative estimate of drug-likeness (QED) is 0.524. The summed E-state index contributed by atoms with van der Waals surface area (Å²) in [5.41, 5.74) is 3.32. The van der Waals surface area contributed by atoms with Gasteiger partial charge in [-0.05, 0) is 0 Å². The zero-order valence-electron chi connectivity index (χ0n) is 10.0. The highest BCUT2D eigenvalue weighted by Gasteiger charge is 2.19. The van der Waals surface area contributed by atoms with E-state index in [1.54, 1.807) is 0 Å². The topological polar surface area (TPSA) is 105 Å². The summed E-state index contributed by atoms with van der Waals surface area (Å²) in [4.78, 5) is 12.7. The highest BCUT2D eigenvalue weighted by Crippen LogP contribution is 2.23. The van der Waals surface area contributed by atoms with Gasteiger partial charge in [0.25, 0.3) is 0 Å². The van der Waals surface area contributed by atoms with Crippen molar-refractivity contribution in [2.45, 2.75) is 26.2 Å². The fourth-order valence-electron chi connectivity index (χ4n) is 1.32. The molecule has 7 heteroatoms. The number of nitrogen functional groups attached to an aromatic ring is 1. The minimum atomic E-state index is -0.0939. The van der Waals surface area contributed by atoms with Gasteiger partial charge in [0.2, 0.25) is 0 Å². The van der Waals surface area contributed by atoms with Crippen molar-refractivity contribution in [2.75, 3.05) is 5.43 Å². The molecule has 4 N–H and O–H groups in total. The first-order valence-electron chi connectivity index (χ1n) is 5.22. The molecule has 0 spiro atoms. The van der Waals surface area contributed by atoms with E-state index in [-0.39, 0.29) is 5.41 Å². The second-order valence-corrected chi connectivity index (χ2v) is 4.69. The van der Waals surface area contributed by atoms with Crippen LogP contribution in [0.25, 0.3) is 11.6 Å². The van der Waals surface area contributed by atoms with Gasteiger partial charge in [-0.3, -0.25) is 5.10 Å². The van der Waals surface area contributed by atoms with Crippen LogP contribution in [0.15, 0.2) is 12.4 Å². The minimum absolute atomic E-state index is 0.0939. The van der Waals surface area contributed by atoms with Crippen LogP contribution in [0.2, 0.25) is 0 Å². The molecule has 0 atom stereocenters. The van der Waals surface area contributed by atoms with E-state index in [0.717, 1.165) is 5.69 Å². The lowest BCUT2D eigenvalue weighted by Crippen LogP contribution is -2.17. The zero-order valence-corrected chi connectivity index (χ0v) is 10.0. The maximum atomic E-state index is 5.40. The molecule has 0 bridgehead atoms. The first-order valence-corrected chi connectivity index (χ1v) is 5.22. The molecule has 0 aliphatic heterocycles. The smallest absolute Gasteiger partial charge is 0.199 e. The summed E-state index contributed by atoms with van der Waals surface area (Å²) in [6.45, 7) is 6.21. The third-order valence-corrected chi connectivity index (χ3v) is 2.27. The Morgan fingerprint density at radius 3 is 2.59 bits per heavy atom. The molecule has 2 rings (SSSR count). The molecule has 17 heavy (non-hydrogen) atoms. The standard InChI is InChI=1S/C10H15N7/c1-10(2,3)6-4-7(16-11)15-9(14-6)8-12-5-13-17-8/h4-5H,11H2,1-3H3,(H,12,13,17)(H,14,15,16). The average Bonchev–Trinajstić information content (AvgIpc) is 2.80. The number of hydrogen-bond donors (Lipinski definition) is 3. The molecule has 0 fully saturated rings. The Balaban J connectivity index is 2.54. The predicted molar refractivity (Wildman–Crippen MR) is 63.9 cm³/mol. The second-order valence-electron chi connectivity index (χ2n) is 4.69. The third kappa shape index (κ3) is 2.39. The molecule has 0 aromatic carbocycles. The molecular weight excluding hydrogens is 218 g/mol. The maximum absolute atomic E-state index is 5.40. The van der Waals surface area contributed by atoms with Gasteiger partial charge in [0.15, 0.2) is 11.6 Å². The van der Waals surface area contributed by atoms with Gasteiger partial charge >= 0.3 is 0 Å². The number of nitrogens with one attached hydrogen (secondary N) is 2. The van der Waals surface area contributed by atoms with Crippen LogP contribution in [-0.4, -0.2) is 25.1 Å². The highest BCUT2D eigenvalue weighted by atomic mass is 15.3. The van der Waals surface area contributed by atoms with Crippen molar-refractivity contribution in [2.24, 2.45) is 5.84 Å². The lowest BCUT2D eigenvalue weighted by molar-refractivity contribution is 0.568. The van der Waals surface area contributed by atoms with Crippen molar-refractivity contribution in [1.29, 1.82) is 0 Å². The van der Waals surface area contributed by atoms with Crippen LogP contribution in [-0.2, 0) is 5.41 Å². The minimum Gasteiger partial charge on any atom is -0.308 e. The highest BCUT2D eigenvalue weighted by molar-refractivity contribution is 5.49. The van der Waals surface area contributed by atoms with Gasteiger partial charge in [0, 0.05) is 11.5 Å². The number of aromatic amines is 1. The molecule has 0 saturated carbocycles. The number of H-pyrrole nitrogens is 1. The lowest BCUT2D eigenvalue weighted by atomic mass is 9.92. The Labute approximate surface area is 98.9 Å². The molecule has 0 aliphatic rings. The van der Waals surface area contributed by atoms with Gasteiger partial charge in [0.05, 0.1) is 5.69 Å². The first-order chi connectivity index (χ1) is 8.00. The van der Waals surface area contributed by atoms with Crippen molar-refractivity contribution < 1.29 is 0 Å². The number of hydrogen-bond acceptors (Lipinski definition) is 6. The van der Waals surface area contributed by atoms with E-state index in [0.29, 0.717) is 17.5 Å². The summed E-state index contributed by atoms with van der Waals surface area (Å²) >= 11 is 0. The summed E-state index contributed by atoms with van der Waals surface area (Å²) in [7, 11) is 0. The van der Waals surface area contributed by atoms with Crippen molar-refractivity contribution >= 4 is 5.82 Å². The van der Waals surface area contributed by atoms with Crippen LogP contribution in [0.5, 0.6) is 0 Å². The number of rotatable bonds is 2. The van der Waals surface area contributed by atoms with E-state index in [9.17, 15) is 0 Å². The van der Waals surface area contributed by atoms with Crippen molar-refractivity contribution in [3.8, 4) is 11.6 Å². The molecule has 0 saturated heterocycles. The maximum Gasteiger partial charge on any atom is 0.199 e. The Morgan fingerprint density at radius 1 is 1.29 bits per heavy atom. The Hall–Kier alpha value is -2.02. The summed E-state index contributed by atoms with van der Waals surface area (Å²) < 4.78 is 0. The fraction of sp³-hybridized carbons (Fsp3) is 0.400. The second kappa shape index (κ2) is 4.10. The van der Waals surface area contributed by atoms with Gasteiger partial charge in [0.1, 0.15) is 12.1 Å². The van der Waals surface area contributed by atoms with Crippen LogP contribution < -0.4 is 11.3 Å². The van der Waals surface area contributed by atoms with E-state index in [4.69, 9.17) is 5.84 Å². The Morgan fingerprint density at radius 2 is 2.06 bits per heavy atom. The van der Waals surface area contributed by atoms with Crippen molar-refractivity contribution in [1.82, 2.24) is 25.1 Å². The monoisotopic (exact) mass is 233 g/mol. The molecule has 2 heterocycles. The van der Waals surface area contributed by atoms with Gasteiger partial charge in [-0.25, -0.2) is 20.8 Å². The molecule has 7 nitrogen and oxygen atoms in total. The first kappa shape index (κ1) is 11.5. The van der Waals surface area contributed by atoms with Crippen LogP contribution in [0.1, 0.15) is 26.5 Å². The predicted octanol–water partition coefficient (Wildman–Crippen LogP) is 0.845. The van der Waals surface area contributed by atoms with Crippen molar-refractivity contribution in [3.05, 3.63) is 18.1 Å². The third-order valence-electron chi connectivity index (χ3n) is 2.27. The SMILES string of the molecule is CC(C)(C)c1cc(NN)nc(-c2ncn[nH]2)n1. The van der Waals surface area contributed by atoms with Crippen LogP contribution >= 0.6 is 0 Å². The van der Waals surface area contributed by atoms with Gasteiger partial charge in [-0.15, -0.1) is 0 Å². The Bertz CT molecular complexity index is 498.